The lowest BCUT2D eigenvalue weighted by Crippen LogP contribution is -2.39. The molecule has 0 aromatic rings. The summed E-state index contributed by atoms with van der Waals surface area (Å²) in [6.45, 7) is 9.52. The highest BCUT2D eigenvalue weighted by Gasteiger charge is 2.28. The van der Waals surface area contributed by atoms with E-state index < -0.39 is 5.79 Å². The van der Waals surface area contributed by atoms with Gasteiger partial charge < -0.3 is 14.6 Å². The first-order valence-corrected chi connectivity index (χ1v) is 4.35. The number of hydrogen-bond acceptors (Lipinski definition) is 3. The molecule has 0 aromatic carbocycles. The van der Waals surface area contributed by atoms with Gasteiger partial charge in [0.15, 0.2) is 5.79 Å². The minimum absolute atomic E-state index is 0.162. The van der Waals surface area contributed by atoms with E-state index in [1.807, 2.05) is 6.92 Å². The van der Waals surface area contributed by atoms with Gasteiger partial charge in [-0.3, -0.25) is 0 Å². The molecule has 1 N–H and O–H groups in total. The van der Waals surface area contributed by atoms with E-state index in [9.17, 15) is 0 Å². The maximum Gasteiger partial charge on any atom is 0.191 e. The Bertz CT molecular complexity index is 136. The van der Waals surface area contributed by atoms with Crippen LogP contribution in [0.3, 0.4) is 0 Å². The van der Waals surface area contributed by atoms with E-state index in [4.69, 9.17) is 14.6 Å². The zero-order valence-corrected chi connectivity index (χ0v) is 8.16. The molecule has 0 aromatic heterocycles. The summed E-state index contributed by atoms with van der Waals surface area (Å²) in [4.78, 5) is 0. The summed E-state index contributed by atoms with van der Waals surface area (Å²) in [7, 11) is 0. The van der Waals surface area contributed by atoms with Crippen LogP contribution in [0.4, 0.5) is 0 Å². The Kier molecular flexibility index (Phi) is 6.49. The van der Waals surface area contributed by atoms with Crippen LogP contribution in [0.2, 0.25) is 0 Å². The summed E-state index contributed by atoms with van der Waals surface area (Å²) in [5.41, 5.74) is 0. The van der Waals surface area contributed by atoms with Crippen LogP contribution >= 0.6 is 0 Å². The van der Waals surface area contributed by atoms with Crippen molar-refractivity contribution >= 4 is 0 Å². The van der Waals surface area contributed by atoms with Gasteiger partial charge in [0.2, 0.25) is 0 Å². The minimum atomic E-state index is -0.900. The Morgan fingerprint density at radius 1 is 1.23 bits per heavy atom. The van der Waals surface area contributed by atoms with Gasteiger partial charge in [0.05, 0.1) is 19.8 Å². The van der Waals surface area contributed by atoms with Gasteiger partial charge in [-0.1, -0.05) is 19.1 Å². The van der Waals surface area contributed by atoms with Crippen LogP contribution in [0, 0.1) is 0 Å². The number of aliphatic hydroxyl groups excluding tert-OH is 1. The molecule has 13 heavy (non-hydrogen) atoms. The van der Waals surface area contributed by atoms with Crippen LogP contribution in [-0.4, -0.2) is 30.7 Å². The predicted octanol–water partition coefficient (Wildman–Crippen LogP) is 1.49. The van der Waals surface area contributed by atoms with Gasteiger partial charge >= 0.3 is 0 Å². The number of ether oxygens (including phenoxy) is 2. The maximum absolute atomic E-state index is 9.11. The van der Waals surface area contributed by atoms with Gasteiger partial charge in [-0.25, -0.2) is 0 Å². The van der Waals surface area contributed by atoms with Crippen molar-refractivity contribution in [1.82, 2.24) is 0 Å². The van der Waals surface area contributed by atoms with Crippen LogP contribution in [0.1, 0.15) is 13.3 Å². The molecule has 0 rings (SSSR count). The molecule has 0 heterocycles. The molecule has 0 bridgehead atoms. The molecule has 3 heteroatoms. The molecular weight excluding hydrogens is 168 g/mol. The molecule has 0 aliphatic carbocycles. The van der Waals surface area contributed by atoms with Crippen LogP contribution in [0.25, 0.3) is 0 Å². The standard InChI is InChI=1S/C10H18O3/c1-4-7-12-10(6-3,9-11)13-8-5-2/h4-5,11H,1-2,6-9H2,3H3. The molecule has 0 amide bonds. The average molecular weight is 186 g/mol. The quantitative estimate of drug-likeness (QED) is 0.461. The second kappa shape index (κ2) is 6.83. The summed E-state index contributed by atoms with van der Waals surface area (Å²) in [6.07, 6.45) is 3.83. The zero-order valence-electron chi connectivity index (χ0n) is 8.16. The third-order valence-electron chi connectivity index (χ3n) is 1.71. The van der Waals surface area contributed by atoms with Crippen LogP contribution < -0.4 is 0 Å². The average Bonchev–Trinajstić information content (AvgIpc) is 2.20. The van der Waals surface area contributed by atoms with E-state index in [0.717, 1.165) is 0 Å². The highest BCUT2D eigenvalue weighted by Crippen LogP contribution is 2.17. The largest absolute Gasteiger partial charge is 0.391 e. The van der Waals surface area contributed by atoms with E-state index in [2.05, 4.69) is 13.2 Å². The van der Waals surface area contributed by atoms with Crippen molar-refractivity contribution in [2.24, 2.45) is 0 Å². The zero-order chi connectivity index (χ0) is 10.2. The van der Waals surface area contributed by atoms with E-state index in [1.54, 1.807) is 12.2 Å². The van der Waals surface area contributed by atoms with Crippen LogP contribution in [-0.2, 0) is 9.47 Å². The van der Waals surface area contributed by atoms with Gasteiger partial charge in [0.1, 0.15) is 0 Å². The summed E-state index contributed by atoms with van der Waals surface area (Å²) in [6, 6.07) is 0. The van der Waals surface area contributed by atoms with E-state index >= 15 is 0 Å². The Morgan fingerprint density at radius 3 is 1.92 bits per heavy atom. The highest BCUT2D eigenvalue weighted by molar-refractivity contribution is 4.74. The lowest BCUT2D eigenvalue weighted by molar-refractivity contribution is -0.245. The molecule has 0 aliphatic heterocycles. The monoisotopic (exact) mass is 186 g/mol. The number of hydrogen-bond donors (Lipinski definition) is 1. The van der Waals surface area contributed by atoms with E-state index in [-0.39, 0.29) is 6.61 Å². The maximum atomic E-state index is 9.11. The molecule has 0 unspecified atom stereocenters. The minimum Gasteiger partial charge on any atom is -0.391 e. The Balaban J connectivity index is 4.11. The molecular formula is C10H18O3. The highest BCUT2D eigenvalue weighted by atomic mass is 16.7. The van der Waals surface area contributed by atoms with Crippen molar-refractivity contribution < 1.29 is 14.6 Å². The second-order valence-corrected chi connectivity index (χ2v) is 2.62. The van der Waals surface area contributed by atoms with Crippen molar-refractivity contribution in [3.63, 3.8) is 0 Å². The molecule has 0 radical (unpaired) electrons. The van der Waals surface area contributed by atoms with Crippen LogP contribution in [0.15, 0.2) is 25.3 Å². The van der Waals surface area contributed by atoms with Gasteiger partial charge in [0, 0.05) is 6.42 Å². The van der Waals surface area contributed by atoms with E-state index in [1.165, 1.54) is 0 Å². The number of rotatable bonds is 8. The fourth-order valence-corrected chi connectivity index (χ4v) is 0.870. The first kappa shape index (κ1) is 12.4. The van der Waals surface area contributed by atoms with Crippen molar-refractivity contribution in [3.8, 4) is 0 Å². The smallest absolute Gasteiger partial charge is 0.191 e. The fraction of sp³-hybridized carbons (Fsp3) is 0.600. The fourth-order valence-electron chi connectivity index (χ4n) is 0.870. The van der Waals surface area contributed by atoms with Gasteiger partial charge in [0.25, 0.3) is 0 Å². The van der Waals surface area contributed by atoms with E-state index in [0.29, 0.717) is 19.6 Å². The SMILES string of the molecule is C=CCOC(CC)(CO)OCC=C. The Labute approximate surface area is 79.7 Å². The molecule has 0 saturated heterocycles. The molecule has 0 spiro atoms. The Morgan fingerprint density at radius 2 is 1.69 bits per heavy atom. The van der Waals surface area contributed by atoms with Gasteiger partial charge in [-0.2, -0.15) is 0 Å². The Hall–Kier alpha value is -0.640. The van der Waals surface area contributed by atoms with Crippen molar-refractivity contribution in [3.05, 3.63) is 25.3 Å². The molecule has 0 fully saturated rings. The van der Waals surface area contributed by atoms with Crippen molar-refractivity contribution in [1.29, 1.82) is 0 Å². The third-order valence-corrected chi connectivity index (χ3v) is 1.71. The molecule has 0 atom stereocenters. The van der Waals surface area contributed by atoms with Gasteiger partial charge in [-0.05, 0) is 0 Å². The molecule has 76 valence electrons. The summed E-state index contributed by atoms with van der Waals surface area (Å²) in [5, 5.41) is 9.11. The summed E-state index contributed by atoms with van der Waals surface area (Å²) in [5.74, 6) is -0.900. The summed E-state index contributed by atoms with van der Waals surface area (Å²) >= 11 is 0. The summed E-state index contributed by atoms with van der Waals surface area (Å²) < 4.78 is 10.7. The lowest BCUT2D eigenvalue weighted by atomic mass is 10.2. The first-order valence-electron chi connectivity index (χ1n) is 4.35. The first-order chi connectivity index (χ1) is 6.24. The topological polar surface area (TPSA) is 38.7 Å². The molecule has 3 nitrogen and oxygen atoms in total. The van der Waals surface area contributed by atoms with Crippen molar-refractivity contribution in [2.45, 2.75) is 19.1 Å². The number of aliphatic hydroxyl groups is 1. The molecule has 0 saturated carbocycles. The third kappa shape index (κ3) is 4.22. The predicted molar refractivity (Wildman–Crippen MR) is 52.4 cm³/mol. The van der Waals surface area contributed by atoms with Gasteiger partial charge in [-0.15, -0.1) is 13.2 Å². The van der Waals surface area contributed by atoms with Crippen LogP contribution in [0.5, 0.6) is 0 Å². The second-order valence-electron chi connectivity index (χ2n) is 2.62. The molecule has 0 aliphatic rings. The van der Waals surface area contributed by atoms with Crippen molar-refractivity contribution in [2.75, 3.05) is 19.8 Å². The lowest BCUT2D eigenvalue weighted by Gasteiger charge is -2.29. The normalized spacial score (nSPS) is 11.2.